The summed E-state index contributed by atoms with van der Waals surface area (Å²) in [4.78, 5) is 23.5. The Bertz CT molecular complexity index is 954. The molecule has 0 radical (unpaired) electrons. The van der Waals surface area contributed by atoms with Crippen LogP contribution in [0, 0.1) is 12.8 Å². The average molecular weight is 390 g/mol. The van der Waals surface area contributed by atoms with Crippen molar-refractivity contribution in [3.8, 4) is 11.6 Å². The second-order valence-electron chi connectivity index (χ2n) is 7.78. The van der Waals surface area contributed by atoms with Gasteiger partial charge in [0.05, 0.1) is 6.42 Å². The quantitative estimate of drug-likeness (QED) is 0.639. The van der Waals surface area contributed by atoms with Gasteiger partial charge in [-0.15, -0.1) is 0 Å². The number of piperidine rings is 1. The number of benzene rings is 1. The maximum absolute atomic E-state index is 12.7. The number of aryl methyl sites for hydroxylation is 2. The van der Waals surface area contributed by atoms with Crippen LogP contribution in [0.3, 0.4) is 0 Å². The highest BCUT2D eigenvalue weighted by molar-refractivity contribution is 5.78. The Balaban J connectivity index is 1.30. The van der Waals surface area contributed by atoms with Crippen molar-refractivity contribution in [2.75, 3.05) is 13.1 Å². The van der Waals surface area contributed by atoms with Crippen molar-refractivity contribution >= 4 is 5.91 Å². The number of carbonyl (C=O) groups is 1. The molecule has 0 saturated carbocycles. The molecule has 1 amide bonds. The lowest BCUT2D eigenvalue weighted by molar-refractivity contribution is -0.132. The molecule has 1 fully saturated rings. The van der Waals surface area contributed by atoms with E-state index in [-0.39, 0.29) is 5.91 Å². The zero-order valence-corrected chi connectivity index (χ0v) is 16.8. The van der Waals surface area contributed by atoms with Crippen molar-refractivity contribution in [2.24, 2.45) is 5.92 Å². The second-order valence-corrected chi connectivity index (χ2v) is 7.78. The standard InChI is InChI=1S/C23H26N4O2/c1-17-6-4-7-19(14-17)15-22(28)27-13-5-8-18(16-27)10-11-21-25-23(29-26-21)20-9-2-3-12-24-20/h2-4,6-7,9,12,14,18H,5,8,10-11,13,15-16H2,1H3. The molecule has 6 heteroatoms. The Morgan fingerprint density at radius 1 is 1.24 bits per heavy atom. The Labute approximate surface area is 171 Å². The van der Waals surface area contributed by atoms with E-state index in [1.807, 2.05) is 35.2 Å². The van der Waals surface area contributed by atoms with Gasteiger partial charge >= 0.3 is 0 Å². The number of hydrogen-bond acceptors (Lipinski definition) is 5. The Morgan fingerprint density at radius 3 is 3.00 bits per heavy atom. The molecule has 0 N–H and O–H groups in total. The summed E-state index contributed by atoms with van der Waals surface area (Å²) in [6, 6.07) is 13.8. The molecule has 1 aliphatic heterocycles. The zero-order chi connectivity index (χ0) is 20.1. The molecule has 4 rings (SSSR count). The van der Waals surface area contributed by atoms with Crippen LogP contribution in [0.5, 0.6) is 0 Å². The highest BCUT2D eigenvalue weighted by Crippen LogP contribution is 2.23. The molecule has 1 saturated heterocycles. The van der Waals surface area contributed by atoms with Gasteiger partial charge in [0.1, 0.15) is 5.69 Å². The van der Waals surface area contributed by atoms with Gasteiger partial charge in [-0.2, -0.15) is 4.98 Å². The highest BCUT2D eigenvalue weighted by atomic mass is 16.5. The monoisotopic (exact) mass is 390 g/mol. The van der Waals surface area contributed by atoms with E-state index in [4.69, 9.17) is 4.52 Å². The minimum atomic E-state index is 0.220. The van der Waals surface area contributed by atoms with Crippen molar-refractivity contribution in [1.29, 1.82) is 0 Å². The summed E-state index contributed by atoms with van der Waals surface area (Å²) in [5.74, 6) is 1.85. The molecule has 150 valence electrons. The lowest BCUT2D eigenvalue weighted by atomic mass is 9.93. The zero-order valence-electron chi connectivity index (χ0n) is 16.8. The summed E-state index contributed by atoms with van der Waals surface area (Å²) in [6.45, 7) is 3.73. The first-order chi connectivity index (χ1) is 14.2. The van der Waals surface area contributed by atoms with Crippen molar-refractivity contribution < 1.29 is 9.32 Å². The van der Waals surface area contributed by atoms with Crippen LogP contribution in [0.1, 0.15) is 36.2 Å². The third kappa shape index (κ3) is 5.08. The third-order valence-corrected chi connectivity index (χ3v) is 5.44. The first-order valence-electron chi connectivity index (χ1n) is 10.2. The molecule has 0 bridgehead atoms. The van der Waals surface area contributed by atoms with Crippen LogP contribution in [-0.4, -0.2) is 39.0 Å². The number of rotatable bonds is 6. The molecular weight excluding hydrogens is 364 g/mol. The van der Waals surface area contributed by atoms with Crippen LogP contribution in [0.25, 0.3) is 11.6 Å². The minimum absolute atomic E-state index is 0.220. The molecule has 1 aromatic carbocycles. The molecular formula is C23H26N4O2. The van der Waals surface area contributed by atoms with Crippen molar-refractivity contribution in [3.63, 3.8) is 0 Å². The van der Waals surface area contributed by atoms with Gasteiger partial charge in [-0.25, -0.2) is 0 Å². The van der Waals surface area contributed by atoms with Gasteiger partial charge in [-0.05, 0) is 49.8 Å². The van der Waals surface area contributed by atoms with Crippen molar-refractivity contribution in [1.82, 2.24) is 20.0 Å². The number of pyridine rings is 1. The maximum Gasteiger partial charge on any atom is 0.276 e. The molecule has 29 heavy (non-hydrogen) atoms. The normalized spacial score (nSPS) is 16.7. The van der Waals surface area contributed by atoms with Crippen molar-refractivity contribution in [3.05, 3.63) is 65.6 Å². The number of hydrogen-bond donors (Lipinski definition) is 0. The molecule has 0 aliphatic carbocycles. The largest absolute Gasteiger partial charge is 0.342 e. The lowest BCUT2D eigenvalue weighted by Crippen LogP contribution is -2.40. The van der Waals surface area contributed by atoms with E-state index in [1.54, 1.807) is 6.20 Å². The minimum Gasteiger partial charge on any atom is -0.342 e. The number of amides is 1. The maximum atomic E-state index is 12.7. The number of aromatic nitrogens is 3. The Hall–Kier alpha value is -3.02. The molecule has 2 aromatic heterocycles. The molecule has 1 aliphatic rings. The Morgan fingerprint density at radius 2 is 2.17 bits per heavy atom. The number of carbonyl (C=O) groups excluding carboxylic acids is 1. The van der Waals surface area contributed by atoms with E-state index >= 15 is 0 Å². The number of likely N-dealkylation sites (tertiary alicyclic amines) is 1. The third-order valence-electron chi connectivity index (χ3n) is 5.44. The number of nitrogens with zero attached hydrogens (tertiary/aromatic N) is 4. The van der Waals surface area contributed by atoms with Gasteiger partial charge in [0.2, 0.25) is 5.91 Å². The van der Waals surface area contributed by atoms with Crippen LogP contribution in [0.15, 0.2) is 53.2 Å². The van der Waals surface area contributed by atoms with Gasteiger partial charge in [-0.1, -0.05) is 41.1 Å². The summed E-state index contributed by atoms with van der Waals surface area (Å²) in [5, 5.41) is 4.09. The second kappa shape index (κ2) is 8.99. The average Bonchev–Trinajstić information content (AvgIpc) is 3.22. The lowest BCUT2D eigenvalue weighted by Gasteiger charge is -2.33. The topological polar surface area (TPSA) is 72.1 Å². The fourth-order valence-corrected chi connectivity index (χ4v) is 3.92. The summed E-state index contributed by atoms with van der Waals surface area (Å²) in [6.07, 6.45) is 6.08. The SMILES string of the molecule is Cc1cccc(CC(=O)N2CCCC(CCc3noc(-c4ccccn4)n3)C2)c1. The first kappa shape index (κ1) is 19.3. The molecule has 1 atom stereocenters. The summed E-state index contributed by atoms with van der Waals surface area (Å²) in [5.41, 5.74) is 2.97. The predicted octanol–water partition coefficient (Wildman–Crippen LogP) is 3.85. The van der Waals surface area contributed by atoms with Gasteiger partial charge < -0.3 is 9.42 Å². The first-order valence-corrected chi connectivity index (χ1v) is 10.2. The van der Waals surface area contributed by atoms with Gasteiger partial charge in [-0.3, -0.25) is 9.78 Å². The van der Waals surface area contributed by atoms with Crippen LogP contribution in [0.2, 0.25) is 0 Å². The van der Waals surface area contributed by atoms with E-state index in [1.165, 1.54) is 5.56 Å². The van der Waals surface area contributed by atoms with Gasteiger partial charge in [0.25, 0.3) is 5.89 Å². The molecule has 6 nitrogen and oxygen atoms in total. The van der Waals surface area contributed by atoms with Crippen LogP contribution < -0.4 is 0 Å². The summed E-state index contributed by atoms with van der Waals surface area (Å²) >= 11 is 0. The summed E-state index contributed by atoms with van der Waals surface area (Å²) < 4.78 is 5.34. The smallest absolute Gasteiger partial charge is 0.276 e. The van der Waals surface area contributed by atoms with Crippen LogP contribution >= 0.6 is 0 Å². The molecule has 0 spiro atoms. The summed E-state index contributed by atoms with van der Waals surface area (Å²) in [7, 11) is 0. The van der Waals surface area contributed by atoms with Gasteiger partial charge in [0, 0.05) is 25.7 Å². The van der Waals surface area contributed by atoms with E-state index < -0.39 is 0 Å². The van der Waals surface area contributed by atoms with Crippen molar-refractivity contribution in [2.45, 2.75) is 39.0 Å². The Kier molecular flexibility index (Phi) is 5.98. The van der Waals surface area contributed by atoms with Crippen LogP contribution in [-0.2, 0) is 17.6 Å². The molecule has 3 aromatic rings. The predicted molar refractivity (Wildman–Crippen MR) is 110 cm³/mol. The highest BCUT2D eigenvalue weighted by Gasteiger charge is 2.24. The van der Waals surface area contributed by atoms with Crippen LogP contribution in [0.4, 0.5) is 0 Å². The van der Waals surface area contributed by atoms with E-state index in [9.17, 15) is 4.79 Å². The van der Waals surface area contributed by atoms with E-state index in [0.29, 0.717) is 29.7 Å². The fourth-order valence-electron chi connectivity index (χ4n) is 3.92. The van der Waals surface area contributed by atoms with Gasteiger partial charge in [0.15, 0.2) is 5.82 Å². The molecule has 3 heterocycles. The van der Waals surface area contributed by atoms with E-state index in [2.05, 4.69) is 34.2 Å². The van der Waals surface area contributed by atoms with E-state index in [0.717, 1.165) is 44.3 Å². The fraction of sp³-hybridized carbons (Fsp3) is 0.391. The molecule has 1 unspecified atom stereocenters.